The average molecular weight is 206 g/mol. The van der Waals surface area contributed by atoms with E-state index >= 15 is 0 Å². The smallest absolute Gasteiger partial charge is 0.189 e. The van der Waals surface area contributed by atoms with Gasteiger partial charge in [0.25, 0.3) is 0 Å². The van der Waals surface area contributed by atoms with Crippen molar-refractivity contribution in [3.63, 3.8) is 0 Å². The Morgan fingerprint density at radius 2 is 2.07 bits per heavy atom. The molecule has 0 atom stereocenters. The highest BCUT2D eigenvalue weighted by atomic mass is 16.7. The second kappa shape index (κ2) is 6.48. The highest BCUT2D eigenvalue weighted by Crippen LogP contribution is 2.14. The van der Waals surface area contributed by atoms with E-state index in [0.29, 0.717) is 13.2 Å². The first-order valence-electron chi connectivity index (χ1n) is 4.79. The summed E-state index contributed by atoms with van der Waals surface area (Å²) in [7, 11) is 7.25. The molecule has 80 valence electrons. The molecule has 0 unspecified atom stereocenters. The monoisotopic (exact) mass is 206 g/mol. The zero-order chi connectivity index (χ0) is 11.1. The fourth-order valence-electron chi connectivity index (χ4n) is 1.14. The highest BCUT2D eigenvalue weighted by Gasteiger charge is 1.98. The molecule has 0 spiro atoms. The zero-order valence-electron chi connectivity index (χ0n) is 9.16. The first-order chi connectivity index (χ1) is 7.24. The van der Waals surface area contributed by atoms with Gasteiger partial charge in [-0.1, -0.05) is 17.6 Å². The van der Waals surface area contributed by atoms with Gasteiger partial charge in [0, 0.05) is 7.11 Å². The van der Waals surface area contributed by atoms with E-state index < -0.39 is 0 Å². The van der Waals surface area contributed by atoms with Gasteiger partial charge in [0.05, 0.1) is 13.2 Å². The number of rotatable bonds is 6. The molecule has 0 fully saturated rings. The molecule has 0 heterocycles. The Bertz CT molecular complexity index is 302. The van der Waals surface area contributed by atoms with Crippen molar-refractivity contribution in [2.45, 2.75) is 6.92 Å². The molecule has 0 N–H and O–H groups in total. The third kappa shape index (κ3) is 4.36. The second-order valence-corrected chi connectivity index (χ2v) is 3.19. The summed E-state index contributed by atoms with van der Waals surface area (Å²) >= 11 is 0. The fourth-order valence-corrected chi connectivity index (χ4v) is 1.14. The maximum atomic E-state index is 5.62. The molecule has 1 aromatic rings. The van der Waals surface area contributed by atoms with Gasteiger partial charge >= 0.3 is 0 Å². The van der Waals surface area contributed by atoms with E-state index in [9.17, 15) is 0 Å². The lowest BCUT2D eigenvalue weighted by atomic mass is 9.94. The van der Waals surface area contributed by atoms with Crippen LogP contribution in [0.25, 0.3) is 0 Å². The Morgan fingerprint density at radius 3 is 2.73 bits per heavy atom. The topological polar surface area (TPSA) is 27.7 Å². The Balaban J connectivity index is 2.31. The minimum atomic E-state index is 0.230. The molecule has 0 aliphatic carbocycles. The van der Waals surface area contributed by atoms with Gasteiger partial charge in [0.1, 0.15) is 13.6 Å². The summed E-state index contributed by atoms with van der Waals surface area (Å²) < 4.78 is 15.4. The van der Waals surface area contributed by atoms with Crippen molar-refractivity contribution in [3.05, 3.63) is 23.8 Å². The molecule has 0 aliphatic heterocycles. The number of hydrogen-bond acceptors (Lipinski definition) is 3. The summed E-state index contributed by atoms with van der Waals surface area (Å²) in [4.78, 5) is 0. The number of hydrogen-bond donors (Lipinski definition) is 0. The molecule has 0 aliphatic rings. The molecule has 15 heavy (non-hydrogen) atoms. The van der Waals surface area contributed by atoms with Crippen LogP contribution in [0.3, 0.4) is 0 Å². The summed E-state index contributed by atoms with van der Waals surface area (Å²) in [5.41, 5.74) is 1.74. The van der Waals surface area contributed by atoms with Crippen LogP contribution in [-0.4, -0.2) is 35.0 Å². The van der Waals surface area contributed by atoms with E-state index in [2.05, 4.69) is 0 Å². The molecule has 4 heteroatoms. The van der Waals surface area contributed by atoms with Crippen LogP contribution >= 0.6 is 0 Å². The third-order valence-corrected chi connectivity index (χ3v) is 1.93. The maximum absolute atomic E-state index is 5.62. The molecule has 1 aromatic carbocycles. The molecule has 0 saturated carbocycles. The van der Waals surface area contributed by atoms with Crippen LogP contribution in [0.2, 0.25) is 0 Å². The van der Waals surface area contributed by atoms with Crippen molar-refractivity contribution in [3.8, 4) is 5.75 Å². The quantitative estimate of drug-likeness (QED) is 0.391. The predicted octanol–water partition coefficient (Wildman–Crippen LogP) is 0.788. The lowest BCUT2D eigenvalue weighted by molar-refractivity contribution is -0.00874. The van der Waals surface area contributed by atoms with Crippen molar-refractivity contribution < 1.29 is 14.2 Å². The normalized spacial score (nSPS) is 10.3. The van der Waals surface area contributed by atoms with E-state index in [4.69, 9.17) is 22.1 Å². The average Bonchev–Trinajstić information content (AvgIpc) is 2.20. The lowest BCUT2D eigenvalue weighted by Gasteiger charge is -2.09. The summed E-state index contributed by atoms with van der Waals surface area (Å²) in [5, 5.41) is 0. The fraction of sp³-hybridized carbons (Fsp3) is 0.455. The van der Waals surface area contributed by atoms with Crippen molar-refractivity contribution >= 4 is 13.3 Å². The van der Waals surface area contributed by atoms with Crippen LogP contribution in [0.1, 0.15) is 5.56 Å². The van der Waals surface area contributed by atoms with Gasteiger partial charge in [0.2, 0.25) is 0 Å². The van der Waals surface area contributed by atoms with E-state index in [-0.39, 0.29) is 6.79 Å². The lowest BCUT2D eigenvalue weighted by Crippen LogP contribution is -2.09. The van der Waals surface area contributed by atoms with E-state index in [1.807, 2.05) is 19.1 Å². The number of methoxy groups -OCH3 is 1. The van der Waals surface area contributed by atoms with E-state index in [1.165, 1.54) is 0 Å². The second-order valence-electron chi connectivity index (χ2n) is 3.19. The van der Waals surface area contributed by atoms with Crippen LogP contribution in [0, 0.1) is 6.92 Å². The standard InChI is InChI=1S/C11H15BO3/c1-9-7-10(12)3-4-11(9)15-8-14-6-5-13-2/h3-4,7H,5-6,8H2,1-2H3. The molecule has 0 bridgehead atoms. The molecule has 0 amide bonds. The van der Waals surface area contributed by atoms with Crippen LogP contribution < -0.4 is 10.2 Å². The van der Waals surface area contributed by atoms with Crippen molar-refractivity contribution in [2.75, 3.05) is 27.1 Å². The number of ether oxygens (including phenoxy) is 3. The van der Waals surface area contributed by atoms with Gasteiger partial charge in [-0.2, -0.15) is 0 Å². The highest BCUT2D eigenvalue weighted by molar-refractivity contribution is 6.32. The summed E-state index contributed by atoms with van der Waals surface area (Å²) in [5.74, 6) is 0.793. The van der Waals surface area contributed by atoms with E-state index in [0.717, 1.165) is 16.8 Å². The minimum Gasteiger partial charge on any atom is -0.467 e. The minimum absolute atomic E-state index is 0.230. The molecular formula is C11H15BO3. The van der Waals surface area contributed by atoms with Gasteiger partial charge in [-0.3, -0.25) is 0 Å². The Labute approximate surface area is 91.7 Å². The first-order valence-corrected chi connectivity index (χ1v) is 4.79. The summed E-state index contributed by atoms with van der Waals surface area (Å²) in [6.07, 6.45) is 0. The Kier molecular flexibility index (Phi) is 5.22. The molecule has 3 nitrogen and oxygen atoms in total. The van der Waals surface area contributed by atoms with Gasteiger partial charge in [-0.05, 0) is 18.6 Å². The van der Waals surface area contributed by atoms with Crippen molar-refractivity contribution in [2.24, 2.45) is 0 Å². The Hall–Kier alpha value is -0.995. The molecule has 2 radical (unpaired) electrons. The molecular weight excluding hydrogens is 191 g/mol. The predicted molar refractivity (Wildman–Crippen MR) is 59.9 cm³/mol. The van der Waals surface area contributed by atoms with Gasteiger partial charge < -0.3 is 14.2 Å². The molecule has 1 rings (SSSR count). The number of benzene rings is 1. The number of aryl methyl sites for hydroxylation is 1. The summed E-state index contributed by atoms with van der Waals surface area (Å²) in [6.45, 7) is 3.28. The van der Waals surface area contributed by atoms with Crippen molar-refractivity contribution in [1.29, 1.82) is 0 Å². The van der Waals surface area contributed by atoms with Gasteiger partial charge in [0.15, 0.2) is 6.79 Å². The zero-order valence-corrected chi connectivity index (χ0v) is 9.16. The Morgan fingerprint density at radius 1 is 1.27 bits per heavy atom. The summed E-state index contributed by atoms with van der Waals surface area (Å²) in [6, 6.07) is 5.51. The maximum Gasteiger partial charge on any atom is 0.189 e. The first kappa shape index (κ1) is 12.1. The van der Waals surface area contributed by atoms with Crippen LogP contribution in [0.15, 0.2) is 18.2 Å². The molecule has 0 saturated heterocycles. The SMILES string of the molecule is [B]c1ccc(OCOCCOC)c(C)c1. The van der Waals surface area contributed by atoms with Crippen LogP contribution in [0.4, 0.5) is 0 Å². The van der Waals surface area contributed by atoms with Gasteiger partial charge in [-0.25, -0.2) is 0 Å². The largest absolute Gasteiger partial charge is 0.467 e. The van der Waals surface area contributed by atoms with E-state index in [1.54, 1.807) is 13.2 Å². The van der Waals surface area contributed by atoms with Crippen LogP contribution in [0.5, 0.6) is 5.75 Å². The third-order valence-electron chi connectivity index (χ3n) is 1.93. The van der Waals surface area contributed by atoms with Gasteiger partial charge in [-0.15, -0.1) is 0 Å². The van der Waals surface area contributed by atoms with Crippen LogP contribution in [-0.2, 0) is 9.47 Å². The van der Waals surface area contributed by atoms with Crippen molar-refractivity contribution in [1.82, 2.24) is 0 Å². The molecule has 0 aromatic heterocycles.